The highest BCUT2D eigenvalue weighted by atomic mass is 35.5. The van der Waals surface area contributed by atoms with Crippen molar-refractivity contribution in [1.29, 1.82) is 0 Å². The second kappa shape index (κ2) is 5.84. The van der Waals surface area contributed by atoms with E-state index in [1.54, 1.807) is 6.07 Å². The first-order chi connectivity index (χ1) is 9.32. The molecule has 2 rings (SSSR count). The van der Waals surface area contributed by atoms with Crippen LogP contribution in [0, 0.1) is 5.92 Å². The molecule has 0 aliphatic carbocycles. The lowest BCUT2D eigenvalue weighted by Gasteiger charge is -2.38. The van der Waals surface area contributed by atoms with Crippen LogP contribution in [0.5, 0.6) is 0 Å². The van der Waals surface area contributed by atoms with Crippen molar-refractivity contribution in [3.8, 4) is 0 Å². The topological polar surface area (TPSA) is 3.24 Å². The van der Waals surface area contributed by atoms with Gasteiger partial charge in [-0.05, 0) is 43.4 Å². The minimum absolute atomic E-state index is 0.123. The molecule has 0 bridgehead atoms. The summed E-state index contributed by atoms with van der Waals surface area (Å²) < 4.78 is 39.2. The fourth-order valence-corrected chi connectivity index (χ4v) is 3.15. The smallest absolute Gasteiger partial charge is 0.369 e. The molecule has 1 fully saturated rings. The van der Waals surface area contributed by atoms with E-state index in [1.165, 1.54) is 12.1 Å². The number of benzene rings is 1. The molecule has 1 aromatic rings. The number of hydrogen-bond acceptors (Lipinski definition) is 1. The van der Waals surface area contributed by atoms with Gasteiger partial charge in [0.2, 0.25) is 0 Å². The zero-order valence-corrected chi connectivity index (χ0v) is 12.4. The number of nitrogens with zero attached hydrogens (tertiary/aromatic N) is 1. The van der Waals surface area contributed by atoms with E-state index in [2.05, 4.69) is 18.7 Å². The van der Waals surface area contributed by atoms with Gasteiger partial charge in [-0.2, -0.15) is 13.2 Å². The summed E-state index contributed by atoms with van der Waals surface area (Å²) >= 11 is 5.61. The molecule has 1 nitrogen and oxygen atoms in total. The molecule has 2 atom stereocenters. The van der Waals surface area contributed by atoms with Crippen LogP contribution in [0.2, 0.25) is 0 Å². The van der Waals surface area contributed by atoms with Crippen molar-refractivity contribution in [2.45, 2.75) is 44.8 Å². The van der Waals surface area contributed by atoms with Crippen LogP contribution in [0.25, 0.3) is 0 Å². The molecule has 0 saturated carbocycles. The van der Waals surface area contributed by atoms with Gasteiger partial charge in [-0.3, -0.25) is 0 Å². The van der Waals surface area contributed by atoms with E-state index in [-0.39, 0.29) is 17.5 Å². The first-order valence-corrected chi connectivity index (χ1v) is 7.39. The molecule has 112 valence electrons. The van der Waals surface area contributed by atoms with Crippen molar-refractivity contribution in [2.75, 3.05) is 11.4 Å². The standard InChI is InChI=1S/C15H19ClF3N/c1-10-5-6-20(11(2)7-10)13-4-3-12(9-16)14(8-13)15(17,18)19/h3-4,8,10-11H,5-7,9H2,1-2H3. The summed E-state index contributed by atoms with van der Waals surface area (Å²) in [5.74, 6) is 0.507. The van der Waals surface area contributed by atoms with Crippen molar-refractivity contribution in [3.05, 3.63) is 29.3 Å². The Labute approximate surface area is 122 Å². The van der Waals surface area contributed by atoms with Gasteiger partial charge in [0, 0.05) is 24.2 Å². The van der Waals surface area contributed by atoms with Crippen molar-refractivity contribution in [1.82, 2.24) is 0 Å². The maximum absolute atomic E-state index is 13.1. The summed E-state index contributed by atoms with van der Waals surface area (Å²) in [6, 6.07) is 4.75. The normalized spacial score (nSPS) is 24.0. The summed E-state index contributed by atoms with van der Waals surface area (Å²) in [7, 11) is 0. The summed E-state index contributed by atoms with van der Waals surface area (Å²) in [6.07, 6.45) is -2.33. The van der Waals surface area contributed by atoms with Crippen LogP contribution in [0.3, 0.4) is 0 Å². The van der Waals surface area contributed by atoms with Gasteiger partial charge in [-0.25, -0.2) is 0 Å². The Hall–Kier alpha value is -0.900. The Balaban J connectivity index is 2.34. The zero-order chi connectivity index (χ0) is 14.9. The highest BCUT2D eigenvalue weighted by molar-refractivity contribution is 6.17. The monoisotopic (exact) mass is 305 g/mol. The molecule has 0 aromatic heterocycles. The van der Waals surface area contributed by atoms with Crippen LogP contribution in [0.15, 0.2) is 18.2 Å². The van der Waals surface area contributed by atoms with Crippen molar-refractivity contribution in [3.63, 3.8) is 0 Å². The maximum atomic E-state index is 13.1. The molecule has 1 aliphatic rings. The predicted octanol–water partition coefficient (Wildman–Crippen LogP) is 5.07. The molecule has 2 unspecified atom stereocenters. The Kier molecular flexibility index (Phi) is 4.52. The highest BCUT2D eigenvalue weighted by Crippen LogP contribution is 2.37. The Morgan fingerprint density at radius 3 is 2.55 bits per heavy atom. The van der Waals surface area contributed by atoms with Crippen LogP contribution in [-0.2, 0) is 12.1 Å². The second-order valence-electron chi connectivity index (χ2n) is 5.64. The Bertz CT molecular complexity index is 473. The lowest BCUT2D eigenvalue weighted by molar-refractivity contribution is -0.138. The van der Waals surface area contributed by atoms with Gasteiger partial charge in [0.25, 0.3) is 0 Å². The number of rotatable bonds is 2. The molecule has 20 heavy (non-hydrogen) atoms. The summed E-state index contributed by atoms with van der Waals surface area (Å²) in [5, 5.41) is 0. The fraction of sp³-hybridized carbons (Fsp3) is 0.600. The van der Waals surface area contributed by atoms with E-state index in [1.807, 2.05) is 0 Å². The highest BCUT2D eigenvalue weighted by Gasteiger charge is 2.34. The first-order valence-electron chi connectivity index (χ1n) is 6.85. The predicted molar refractivity (Wildman–Crippen MR) is 76.2 cm³/mol. The average molecular weight is 306 g/mol. The lowest BCUT2D eigenvalue weighted by Crippen LogP contribution is -2.40. The lowest BCUT2D eigenvalue weighted by atomic mass is 9.92. The molecular weight excluding hydrogens is 287 g/mol. The molecule has 0 N–H and O–H groups in total. The van der Waals surface area contributed by atoms with E-state index in [9.17, 15) is 13.2 Å². The average Bonchev–Trinajstić information content (AvgIpc) is 2.37. The summed E-state index contributed by atoms with van der Waals surface area (Å²) in [6.45, 7) is 5.06. The van der Waals surface area contributed by atoms with E-state index >= 15 is 0 Å². The van der Waals surface area contributed by atoms with Gasteiger partial charge in [0.1, 0.15) is 0 Å². The number of halogens is 4. The molecule has 1 aromatic carbocycles. The minimum Gasteiger partial charge on any atom is -0.369 e. The van der Waals surface area contributed by atoms with Crippen LogP contribution in [0.4, 0.5) is 18.9 Å². The Morgan fingerprint density at radius 1 is 1.30 bits per heavy atom. The van der Waals surface area contributed by atoms with Crippen LogP contribution >= 0.6 is 11.6 Å². The van der Waals surface area contributed by atoms with Gasteiger partial charge in [0.05, 0.1) is 5.56 Å². The quantitative estimate of drug-likeness (QED) is 0.690. The Morgan fingerprint density at radius 2 is 2.00 bits per heavy atom. The molecule has 1 saturated heterocycles. The van der Waals surface area contributed by atoms with Crippen molar-refractivity contribution >= 4 is 17.3 Å². The second-order valence-corrected chi connectivity index (χ2v) is 5.91. The summed E-state index contributed by atoms with van der Waals surface area (Å²) in [5.41, 5.74) is 0.169. The van der Waals surface area contributed by atoms with E-state index < -0.39 is 11.7 Å². The van der Waals surface area contributed by atoms with Crippen molar-refractivity contribution < 1.29 is 13.2 Å². The maximum Gasteiger partial charge on any atom is 0.416 e. The summed E-state index contributed by atoms with van der Waals surface area (Å²) in [4.78, 5) is 2.06. The molecule has 0 spiro atoms. The molecule has 0 amide bonds. The van der Waals surface area contributed by atoms with Gasteiger partial charge in [0.15, 0.2) is 0 Å². The number of piperidine rings is 1. The molecule has 1 heterocycles. The minimum atomic E-state index is -4.35. The molecule has 5 heteroatoms. The number of anilines is 1. The SMILES string of the molecule is CC1CCN(c2ccc(CCl)c(C(F)(F)F)c2)C(C)C1. The van der Waals surface area contributed by atoms with Crippen molar-refractivity contribution in [2.24, 2.45) is 5.92 Å². The van der Waals surface area contributed by atoms with Gasteiger partial charge < -0.3 is 4.90 Å². The van der Waals surface area contributed by atoms with E-state index in [0.29, 0.717) is 11.6 Å². The van der Waals surface area contributed by atoms with Gasteiger partial charge in [-0.15, -0.1) is 11.6 Å². The van der Waals surface area contributed by atoms with E-state index in [0.717, 1.165) is 19.4 Å². The molecule has 0 radical (unpaired) electrons. The van der Waals surface area contributed by atoms with Crippen LogP contribution in [-0.4, -0.2) is 12.6 Å². The largest absolute Gasteiger partial charge is 0.416 e. The zero-order valence-electron chi connectivity index (χ0n) is 11.7. The third-order valence-electron chi connectivity index (χ3n) is 4.01. The number of hydrogen-bond donors (Lipinski definition) is 0. The number of alkyl halides is 4. The third kappa shape index (κ3) is 3.22. The van der Waals surface area contributed by atoms with E-state index in [4.69, 9.17) is 11.6 Å². The van der Waals surface area contributed by atoms with Crippen LogP contribution in [0.1, 0.15) is 37.8 Å². The van der Waals surface area contributed by atoms with Gasteiger partial charge in [-0.1, -0.05) is 13.0 Å². The van der Waals surface area contributed by atoms with Crippen LogP contribution < -0.4 is 4.90 Å². The molecule has 1 aliphatic heterocycles. The van der Waals surface area contributed by atoms with Gasteiger partial charge >= 0.3 is 6.18 Å². The molecular formula is C15H19ClF3N. The third-order valence-corrected chi connectivity index (χ3v) is 4.30. The first kappa shape index (κ1) is 15.5. The fourth-order valence-electron chi connectivity index (χ4n) is 2.91.